The van der Waals surface area contributed by atoms with Gasteiger partial charge < -0.3 is 5.32 Å². The zero-order chi connectivity index (χ0) is 20.8. The number of hydrogen-bond acceptors (Lipinski definition) is 4. The number of benzene rings is 2. The van der Waals surface area contributed by atoms with E-state index in [4.69, 9.17) is 0 Å². The van der Waals surface area contributed by atoms with Crippen LogP contribution in [0.5, 0.6) is 0 Å². The van der Waals surface area contributed by atoms with Crippen LogP contribution in [0.4, 0.5) is 0 Å². The summed E-state index contributed by atoms with van der Waals surface area (Å²) in [4.78, 5) is 30.1. The summed E-state index contributed by atoms with van der Waals surface area (Å²) < 4.78 is 1.71. The Balaban J connectivity index is 1.76. The zero-order valence-corrected chi connectivity index (χ0v) is 17.9. The van der Waals surface area contributed by atoms with Crippen LogP contribution in [0.1, 0.15) is 38.8 Å². The summed E-state index contributed by atoms with van der Waals surface area (Å²) in [5, 5.41) is 4.22. The van der Waals surface area contributed by atoms with Crippen molar-refractivity contribution in [2.75, 3.05) is 5.75 Å². The van der Waals surface area contributed by atoms with Crippen molar-refractivity contribution in [1.82, 2.24) is 14.9 Å². The molecule has 1 N–H and O–H groups in total. The first kappa shape index (κ1) is 21.1. The lowest BCUT2D eigenvalue weighted by Crippen LogP contribution is -2.29. The average Bonchev–Trinajstić information content (AvgIpc) is 2.72. The Morgan fingerprint density at radius 1 is 1.07 bits per heavy atom. The highest BCUT2D eigenvalue weighted by Crippen LogP contribution is 2.19. The van der Waals surface area contributed by atoms with Crippen LogP contribution in [0.15, 0.2) is 64.5 Å². The number of fused-ring (bicyclic) bond motifs is 1. The molecule has 1 atom stereocenters. The van der Waals surface area contributed by atoms with Crippen molar-refractivity contribution in [3.05, 3.63) is 70.5 Å². The van der Waals surface area contributed by atoms with E-state index in [0.29, 0.717) is 28.5 Å². The van der Waals surface area contributed by atoms with Crippen molar-refractivity contribution in [1.29, 1.82) is 0 Å². The van der Waals surface area contributed by atoms with Crippen LogP contribution in [0, 0.1) is 5.92 Å². The van der Waals surface area contributed by atoms with Crippen LogP contribution in [0.3, 0.4) is 0 Å². The number of carbonyl (C=O) groups excluding carboxylic acids is 1. The summed E-state index contributed by atoms with van der Waals surface area (Å²) in [6, 6.07) is 17.1. The van der Waals surface area contributed by atoms with Crippen LogP contribution >= 0.6 is 11.8 Å². The molecule has 0 saturated heterocycles. The lowest BCUT2D eigenvalue weighted by molar-refractivity contribution is -0.119. The van der Waals surface area contributed by atoms with Crippen molar-refractivity contribution in [2.24, 2.45) is 5.92 Å². The van der Waals surface area contributed by atoms with Crippen LogP contribution in [-0.2, 0) is 11.3 Å². The first-order chi connectivity index (χ1) is 14.0. The molecule has 5 nitrogen and oxygen atoms in total. The van der Waals surface area contributed by atoms with E-state index in [-0.39, 0.29) is 23.3 Å². The fourth-order valence-electron chi connectivity index (χ4n) is 3.08. The van der Waals surface area contributed by atoms with Crippen molar-refractivity contribution in [3.63, 3.8) is 0 Å². The third kappa shape index (κ3) is 5.48. The lowest BCUT2D eigenvalue weighted by atomic mass is 10.1. The van der Waals surface area contributed by atoms with Crippen molar-refractivity contribution in [2.45, 2.75) is 44.9 Å². The third-order valence-electron chi connectivity index (χ3n) is 4.77. The van der Waals surface area contributed by atoms with Gasteiger partial charge in [0.2, 0.25) is 5.91 Å². The number of nitrogens with zero attached hydrogens (tertiary/aromatic N) is 2. The molecule has 3 rings (SSSR count). The van der Waals surface area contributed by atoms with E-state index < -0.39 is 0 Å². The number of nitrogens with one attached hydrogen (secondary N) is 1. The molecule has 1 amide bonds. The number of aromatic nitrogens is 2. The smallest absolute Gasteiger partial charge is 0.262 e. The first-order valence-corrected chi connectivity index (χ1v) is 10.9. The zero-order valence-electron chi connectivity index (χ0n) is 17.1. The van der Waals surface area contributed by atoms with E-state index in [1.54, 1.807) is 10.6 Å². The normalized spacial score (nSPS) is 12.3. The minimum atomic E-state index is -0.0795. The minimum absolute atomic E-state index is 0.0446. The van der Waals surface area contributed by atoms with Gasteiger partial charge in [-0.2, -0.15) is 0 Å². The molecule has 0 bridgehead atoms. The molecule has 0 aliphatic heterocycles. The van der Waals surface area contributed by atoms with Gasteiger partial charge in [0.05, 0.1) is 22.7 Å². The van der Waals surface area contributed by atoms with Gasteiger partial charge in [-0.1, -0.05) is 68.1 Å². The summed E-state index contributed by atoms with van der Waals surface area (Å²) in [6.07, 6.45) is 0.880. The summed E-state index contributed by atoms with van der Waals surface area (Å²) in [6.45, 7) is 6.82. The van der Waals surface area contributed by atoms with Gasteiger partial charge in [0.1, 0.15) is 0 Å². The monoisotopic (exact) mass is 409 g/mol. The van der Waals surface area contributed by atoms with Gasteiger partial charge in [-0.15, -0.1) is 0 Å². The fraction of sp³-hybridized carbons (Fsp3) is 0.348. The molecule has 6 heteroatoms. The maximum absolute atomic E-state index is 13.0. The summed E-state index contributed by atoms with van der Waals surface area (Å²) in [5.74, 6) is 0.606. The van der Waals surface area contributed by atoms with E-state index in [9.17, 15) is 9.59 Å². The SMILES string of the molecule is CC(C)CCn1c(SCC(=O)NC(C)c2ccccc2)nc2ccccc2c1=O. The van der Waals surface area contributed by atoms with Crippen molar-refractivity contribution >= 4 is 28.6 Å². The van der Waals surface area contributed by atoms with Gasteiger partial charge in [-0.3, -0.25) is 14.2 Å². The average molecular weight is 410 g/mol. The quantitative estimate of drug-likeness (QED) is 0.442. The number of amides is 1. The topological polar surface area (TPSA) is 64.0 Å². The third-order valence-corrected chi connectivity index (χ3v) is 5.74. The molecule has 2 aromatic carbocycles. The molecule has 1 aromatic heterocycles. The highest BCUT2D eigenvalue weighted by molar-refractivity contribution is 7.99. The maximum Gasteiger partial charge on any atom is 0.262 e. The molecule has 0 spiro atoms. The van der Waals surface area contributed by atoms with Crippen LogP contribution < -0.4 is 10.9 Å². The molecule has 0 saturated carbocycles. The van der Waals surface area contributed by atoms with E-state index in [2.05, 4.69) is 24.1 Å². The highest BCUT2D eigenvalue weighted by atomic mass is 32.2. The number of para-hydroxylation sites is 1. The van der Waals surface area contributed by atoms with E-state index in [0.717, 1.165) is 12.0 Å². The Bertz CT molecular complexity index is 1030. The second-order valence-electron chi connectivity index (χ2n) is 7.54. The largest absolute Gasteiger partial charge is 0.349 e. The molecule has 0 fully saturated rings. The van der Waals surface area contributed by atoms with Gasteiger partial charge in [0.25, 0.3) is 5.56 Å². The molecule has 1 unspecified atom stereocenters. The summed E-state index contributed by atoms with van der Waals surface area (Å²) in [5.41, 5.74) is 1.68. The number of rotatable bonds is 8. The molecule has 0 aliphatic rings. The maximum atomic E-state index is 13.0. The van der Waals surface area contributed by atoms with Gasteiger partial charge in [0, 0.05) is 6.54 Å². The van der Waals surface area contributed by atoms with E-state index in [1.807, 2.05) is 55.5 Å². The Morgan fingerprint density at radius 2 is 1.76 bits per heavy atom. The highest BCUT2D eigenvalue weighted by Gasteiger charge is 2.15. The van der Waals surface area contributed by atoms with E-state index >= 15 is 0 Å². The molecule has 1 heterocycles. The predicted molar refractivity (Wildman–Crippen MR) is 119 cm³/mol. The summed E-state index contributed by atoms with van der Waals surface area (Å²) >= 11 is 1.31. The molecule has 3 aromatic rings. The van der Waals surface area contributed by atoms with Gasteiger partial charge in [-0.05, 0) is 37.0 Å². The fourth-order valence-corrected chi connectivity index (χ4v) is 3.92. The Hall–Kier alpha value is -2.60. The van der Waals surface area contributed by atoms with Crippen LogP contribution in [0.2, 0.25) is 0 Å². The Labute approximate surface area is 175 Å². The number of carbonyl (C=O) groups is 1. The molecule has 0 radical (unpaired) electrons. The van der Waals surface area contributed by atoms with Gasteiger partial charge >= 0.3 is 0 Å². The Kier molecular flexibility index (Phi) is 7.09. The van der Waals surface area contributed by atoms with E-state index in [1.165, 1.54) is 11.8 Å². The standard InChI is InChI=1S/C23H27N3O2S/c1-16(2)13-14-26-22(28)19-11-7-8-12-20(19)25-23(26)29-15-21(27)24-17(3)18-9-5-4-6-10-18/h4-12,16-17H,13-15H2,1-3H3,(H,24,27). The molecule has 152 valence electrons. The van der Waals surface area contributed by atoms with Gasteiger partial charge in [0.15, 0.2) is 5.16 Å². The van der Waals surface area contributed by atoms with Crippen molar-refractivity contribution in [3.8, 4) is 0 Å². The second kappa shape index (κ2) is 9.74. The van der Waals surface area contributed by atoms with Crippen molar-refractivity contribution < 1.29 is 4.79 Å². The lowest BCUT2D eigenvalue weighted by Gasteiger charge is -2.16. The van der Waals surface area contributed by atoms with Gasteiger partial charge in [-0.25, -0.2) is 4.98 Å². The Morgan fingerprint density at radius 3 is 2.48 bits per heavy atom. The summed E-state index contributed by atoms with van der Waals surface area (Å²) in [7, 11) is 0. The van der Waals surface area contributed by atoms with Crippen LogP contribution in [0.25, 0.3) is 10.9 Å². The number of hydrogen-bond donors (Lipinski definition) is 1. The number of thioether (sulfide) groups is 1. The molecule has 0 aliphatic carbocycles. The molecular formula is C23H27N3O2S. The first-order valence-electron chi connectivity index (χ1n) is 9.92. The molecule has 29 heavy (non-hydrogen) atoms. The minimum Gasteiger partial charge on any atom is -0.349 e. The molecular weight excluding hydrogens is 382 g/mol. The predicted octanol–water partition coefficient (Wildman–Crippen LogP) is 4.41. The second-order valence-corrected chi connectivity index (χ2v) is 8.48. The van der Waals surface area contributed by atoms with Crippen LogP contribution in [-0.4, -0.2) is 21.2 Å².